The second-order valence-corrected chi connectivity index (χ2v) is 6.15. The molecule has 3 aromatic rings. The van der Waals surface area contributed by atoms with Crippen LogP contribution in [0.15, 0.2) is 48.8 Å². The lowest BCUT2D eigenvalue weighted by molar-refractivity contribution is -0.136. The number of nitrogens with zero attached hydrogens (tertiary/aromatic N) is 1. The summed E-state index contributed by atoms with van der Waals surface area (Å²) in [5, 5.41) is 5.22. The number of nitrogens with one attached hydrogen (secondary N) is 3. The van der Waals surface area contributed by atoms with Gasteiger partial charge >= 0.3 is 11.8 Å². The predicted molar refractivity (Wildman–Crippen MR) is 96.9 cm³/mol. The number of aromatic nitrogens is 2. The van der Waals surface area contributed by atoms with Crippen LogP contribution in [0, 0.1) is 0 Å². The van der Waals surface area contributed by atoms with E-state index in [-0.39, 0.29) is 12.6 Å². The van der Waals surface area contributed by atoms with Crippen LogP contribution in [0.4, 0.5) is 5.69 Å². The smallest absolute Gasteiger partial charge is 0.313 e. The highest BCUT2D eigenvalue weighted by molar-refractivity contribution is 6.40. The molecule has 3 heterocycles. The van der Waals surface area contributed by atoms with Gasteiger partial charge in [-0.15, -0.1) is 0 Å². The molecule has 7 heteroatoms. The Bertz CT molecular complexity index is 966. The minimum absolute atomic E-state index is 0.142. The Morgan fingerprint density at radius 3 is 3.00 bits per heavy atom. The number of carbonyl (C=O) groups excluding carboxylic acids is 2. The van der Waals surface area contributed by atoms with Gasteiger partial charge in [-0.2, -0.15) is 0 Å². The Kier molecular flexibility index (Phi) is 4.27. The fourth-order valence-electron chi connectivity index (χ4n) is 3.04. The van der Waals surface area contributed by atoms with E-state index in [1.807, 2.05) is 30.3 Å². The van der Waals surface area contributed by atoms with Gasteiger partial charge in [0.2, 0.25) is 0 Å². The van der Waals surface area contributed by atoms with Crippen molar-refractivity contribution in [3.63, 3.8) is 0 Å². The number of ether oxygens (including phenoxy) is 1. The summed E-state index contributed by atoms with van der Waals surface area (Å²) in [5.74, 6) is -0.585. The number of para-hydroxylation sites is 1. The minimum atomic E-state index is -0.729. The predicted octanol–water partition coefficient (Wildman–Crippen LogP) is 2.01. The first-order valence-corrected chi connectivity index (χ1v) is 8.46. The first-order valence-electron chi connectivity index (χ1n) is 8.46. The molecule has 1 aromatic carbocycles. The van der Waals surface area contributed by atoms with Crippen LogP contribution < -0.4 is 15.4 Å². The van der Waals surface area contributed by atoms with Crippen molar-refractivity contribution in [2.24, 2.45) is 0 Å². The van der Waals surface area contributed by atoms with Crippen LogP contribution >= 0.6 is 0 Å². The Morgan fingerprint density at radius 2 is 2.08 bits per heavy atom. The second kappa shape index (κ2) is 6.87. The lowest BCUT2D eigenvalue weighted by atomic mass is 10.0. The van der Waals surface area contributed by atoms with Crippen molar-refractivity contribution in [2.75, 3.05) is 11.9 Å². The van der Waals surface area contributed by atoms with Gasteiger partial charge in [0.05, 0.1) is 17.7 Å². The average Bonchev–Trinajstić information content (AvgIpc) is 3.09. The molecule has 3 N–H and O–H groups in total. The van der Waals surface area contributed by atoms with Gasteiger partial charge < -0.3 is 20.4 Å². The number of aromatic amines is 1. The molecule has 1 aliphatic heterocycles. The summed E-state index contributed by atoms with van der Waals surface area (Å²) >= 11 is 0. The monoisotopic (exact) mass is 350 g/mol. The highest BCUT2D eigenvalue weighted by Gasteiger charge is 2.22. The standard InChI is InChI=1S/C19H18N4O3/c24-18(19(25)23-15-11-21-14-5-3-9-20-17(14)15)22-10-13-8-7-12-4-1-2-6-16(12)26-13/h1-6,9,11,13,21H,7-8,10H2,(H,22,24)(H,23,25). The number of hydrogen-bond donors (Lipinski definition) is 3. The highest BCUT2D eigenvalue weighted by atomic mass is 16.5. The molecular weight excluding hydrogens is 332 g/mol. The molecule has 4 rings (SSSR count). The normalized spacial score (nSPS) is 15.8. The quantitative estimate of drug-likeness (QED) is 0.630. The molecule has 1 atom stereocenters. The van der Waals surface area contributed by atoms with Crippen LogP contribution in [-0.2, 0) is 16.0 Å². The Labute approximate surface area is 149 Å². The van der Waals surface area contributed by atoms with E-state index in [4.69, 9.17) is 4.74 Å². The number of benzene rings is 1. The van der Waals surface area contributed by atoms with Gasteiger partial charge in [-0.3, -0.25) is 14.6 Å². The van der Waals surface area contributed by atoms with Gasteiger partial charge in [-0.1, -0.05) is 18.2 Å². The number of H-pyrrole nitrogens is 1. The van der Waals surface area contributed by atoms with Crippen LogP contribution in [0.3, 0.4) is 0 Å². The van der Waals surface area contributed by atoms with E-state index in [2.05, 4.69) is 20.6 Å². The fourth-order valence-corrected chi connectivity index (χ4v) is 3.04. The third-order valence-corrected chi connectivity index (χ3v) is 4.38. The zero-order valence-corrected chi connectivity index (χ0v) is 14.0. The third kappa shape index (κ3) is 3.23. The highest BCUT2D eigenvalue weighted by Crippen LogP contribution is 2.26. The van der Waals surface area contributed by atoms with Crippen molar-refractivity contribution in [3.8, 4) is 5.75 Å². The average molecular weight is 350 g/mol. The van der Waals surface area contributed by atoms with E-state index in [9.17, 15) is 9.59 Å². The van der Waals surface area contributed by atoms with Crippen LogP contribution in [0.2, 0.25) is 0 Å². The Balaban J connectivity index is 1.33. The minimum Gasteiger partial charge on any atom is -0.488 e. The summed E-state index contributed by atoms with van der Waals surface area (Å²) in [7, 11) is 0. The first kappa shape index (κ1) is 16.1. The topological polar surface area (TPSA) is 96.1 Å². The molecule has 1 unspecified atom stereocenters. The van der Waals surface area contributed by atoms with E-state index in [1.165, 1.54) is 5.56 Å². The van der Waals surface area contributed by atoms with Crippen molar-refractivity contribution in [1.29, 1.82) is 0 Å². The first-order chi connectivity index (χ1) is 12.7. The van der Waals surface area contributed by atoms with Gasteiger partial charge in [-0.05, 0) is 36.6 Å². The molecule has 132 valence electrons. The lowest BCUT2D eigenvalue weighted by Crippen LogP contribution is -2.42. The van der Waals surface area contributed by atoms with Gasteiger partial charge in [0.1, 0.15) is 17.4 Å². The van der Waals surface area contributed by atoms with Gasteiger partial charge in [0, 0.05) is 12.4 Å². The van der Waals surface area contributed by atoms with Crippen molar-refractivity contribution >= 4 is 28.5 Å². The second-order valence-electron chi connectivity index (χ2n) is 6.15. The van der Waals surface area contributed by atoms with Crippen LogP contribution in [0.5, 0.6) is 5.75 Å². The molecule has 0 saturated carbocycles. The summed E-state index contributed by atoms with van der Waals surface area (Å²) < 4.78 is 5.86. The number of hydrogen-bond acceptors (Lipinski definition) is 4. The summed E-state index contributed by atoms with van der Waals surface area (Å²) in [6.07, 6.45) is 4.79. The largest absolute Gasteiger partial charge is 0.488 e. The van der Waals surface area contributed by atoms with Crippen LogP contribution in [-0.4, -0.2) is 34.4 Å². The van der Waals surface area contributed by atoms with Crippen LogP contribution in [0.25, 0.3) is 11.0 Å². The number of aryl methyl sites for hydroxylation is 1. The van der Waals surface area contributed by atoms with E-state index < -0.39 is 11.8 Å². The third-order valence-electron chi connectivity index (χ3n) is 4.38. The molecule has 7 nitrogen and oxygen atoms in total. The molecule has 0 radical (unpaired) electrons. The molecule has 0 fully saturated rings. The number of rotatable bonds is 3. The summed E-state index contributed by atoms with van der Waals surface area (Å²) in [5.41, 5.74) is 3.04. The molecular formula is C19H18N4O3. The van der Waals surface area contributed by atoms with Crippen LogP contribution in [0.1, 0.15) is 12.0 Å². The molecule has 26 heavy (non-hydrogen) atoms. The zero-order chi connectivity index (χ0) is 17.9. The van der Waals surface area contributed by atoms with E-state index >= 15 is 0 Å². The van der Waals surface area contributed by atoms with Crippen molar-refractivity contribution in [2.45, 2.75) is 18.9 Å². The molecule has 0 spiro atoms. The lowest BCUT2D eigenvalue weighted by Gasteiger charge is -2.26. The van der Waals surface area contributed by atoms with E-state index in [0.29, 0.717) is 11.2 Å². The number of anilines is 1. The molecule has 0 bridgehead atoms. The summed E-state index contributed by atoms with van der Waals surface area (Å²) in [6.45, 7) is 0.284. The maximum absolute atomic E-state index is 12.1. The fraction of sp³-hybridized carbons (Fsp3) is 0.211. The van der Waals surface area contributed by atoms with Gasteiger partial charge in [0.15, 0.2) is 0 Å². The maximum Gasteiger partial charge on any atom is 0.313 e. The van der Waals surface area contributed by atoms with Crippen molar-refractivity contribution < 1.29 is 14.3 Å². The summed E-state index contributed by atoms with van der Waals surface area (Å²) in [6, 6.07) is 11.5. The Morgan fingerprint density at radius 1 is 1.19 bits per heavy atom. The summed E-state index contributed by atoms with van der Waals surface area (Å²) in [4.78, 5) is 31.4. The number of fused-ring (bicyclic) bond motifs is 2. The van der Waals surface area contributed by atoms with Crippen molar-refractivity contribution in [1.82, 2.24) is 15.3 Å². The molecule has 1 aliphatic rings. The molecule has 0 saturated heterocycles. The number of amides is 2. The van der Waals surface area contributed by atoms with Gasteiger partial charge in [-0.25, -0.2) is 0 Å². The number of carbonyl (C=O) groups is 2. The van der Waals surface area contributed by atoms with E-state index in [1.54, 1.807) is 18.5 Å². The maximum atomic E-state index is 12.1. The zero-order valence-electron chi connectivity index (χ0n) is 14.0. The molecule has 2 amide bonds. The Hall–Kier alpha value is -3.35. The SMILES string of the molecule is O=C(NCC1CCc2ccccc2O1)C(=O)Nc1c[nH]c2cccnc12. The van der Waals surface area contributed by atoms with Crippen molar-refractivity contribution in [3.05, 3.63) is 54.4 Å². The van der Waals surface area contributed by atoms with Gasteiger partial charge in [0.25, 0.3) is 0 Å². The number of pyridine rings is 1. The molecule has 2 aromatic heterocycles. The van der Waals surface area contributed by atoms with E-state index in [0.717, 1.165) is 24.1 Å². The molecule has 0 aliphatic carbocycles.